The molecule has 0 spiro atoms. The Morgan fingerprint density at radius 3 is 2.45 bits per heavy atom. The first kappa shape index (κ1) is 13.7. The average Bonchev–Trinajstić information content (AvgIpc) is 2.80. The topological polar surface area (TPSA) is 32.9 Å². The van der Waals surface area contributed by atoms with Gasteiger partial charge in [-0.2, -0.15) is 0 Å². The van der Waals surface area contributed by atoms with E-state index in [1.54, 1.807) is 36.5 Å². The van der Waals surface area contributed by atoms with Crippen LogP contribution in [0.25, 0.3) is 10.9 Å². The number of carbonyl (C=O) groups is 1. The van der Waals surface area contributed by atoms with Crippen molar-refractivity contribution < 1.29 is 4.79 Å². The Balaban J connectivity index is 2.13. The Hall–Kier alpha value is -1.29. The van der Waals surface area contributed by atoms with Crippen molar-refractivity contribution in [2.45, 2.75) is 0 Å². The van der Waals surface area contributed by atoms with Gasteiger partial charge >= 0.3 is 0 Å². The summed E-state index contributed by atoms with van der Waals surface area (Å²) in [5, 5.41) is 2.06. The molecule has 0 amide bonds. The van der Waals surface area contributed by atoms with Gasteiger partial charge in [0.2, 0.25) is 0 Å². The van der Waals surface area contributed by atoms with Gasteiger partial charge in [-0.1, -0.05) is 29.3 Å². The quantitative estimate of drug-likeness (QED) is 0.598. The molecule has 0 atom stereocenters. The van der Waals surface area contributed by atoms with Crippen molar-refractivity contribution >= 4 is 55.8 Å². The molecule has 1 N–H and O–H groups in total. The molecular formula is C15H8BrCl2NO. The number of nitrogens with one attached hydrogen (secondary N) is 1. The number of halogens is 3. The molecule has 1 heterocycles. The van der Waals surface area contributed by atoms with E-state index in [1.165, 1.54) is 0 Å². The summed E-state index contributed by atoms with van der Waals surface area (Å²) in [6.07, 6.45) is 1.70. The molecule has 2 aromatic carbocycles. The lowest BCUT2D eigenvalue weighted by molar-refractivity contribution is 0.103. The fraction of sp³-hybridized carbons (Fsp3) is 0. The molecule has 5 heteroatoms. The molecule has 0 aliphatic carbocycles. The van der Waals surface area contributed by atoms with Gasteiger partial charge in [0.15, 0.2) is 5.78 Å². The van der Waals surface area contributed by atoms with E-state index in [1.807, 2.05) is 6.07 Å². The third kappa shape index (κ3) is 2.37. The molecule has 3 rings (SSSR count). The second-order valence-electron chi connectivity index (χ2n) is 4.35. The van der Waals surface area contributed by atoms with Crippen LogP contribution in [0.1, 0.15) is 15.9 Å². The van der Waals surface area contributed by atoms with E-state index in [0.717, 1.165) is 10.9 Å². The molecule has 0 radical (unpaired) electrons. The summed E-state index contributed by atoms with van der Waals surface area (Å²) in [6, 6.07) is 10.5. The molecule has 1 aromatic heterocycles. The minimum Gasteiger partial charge on any atom is -0.360 e. The van der Waals surface area contributed by atoms with Crippen LogP contribution in [0.5, 0.6) is 0 Å². The van der Waals surface area contributed by atoms with Gasteiger partial charge in [-0.15, -0.1) is 0 Å². The summed E-state index contributed by atoms with van der Waals surface area (Å²) >= 11 is 15.2. The maximum atomic E-state index is 12.6. The van der Waals surface area contributed by atoms with Gasteiger partial charge in [0, 0.05) is 42.7 Å². The highest BCUT2D eigenvalue weighted by Gasteiger charge is 2.16. The summed E-state index contributed by atoms with van der Waals surface area (Å²) in [4.78, 5) is 15.7. The van der Waals surface area contributed by atoms with Crippen LogP contribution in [0.4, 0.5) is 0 Å². The van der Waals surface area contributed by atoms with E-state index in [0.29, 0.717) is 25.6 Å². The van der Waals surface area contributed by atoms with Crippen LogP contribution in [0, 0.1) is 0 Å². The smallest absolute Gasteiger partial charge is 0.196 e. The molecule has 20 heavy (non-hydrogen) atoms. The molecule has 0 fully saturated rings. The zero-order chi connectivity index (χ0) is 14.3. The lowest BCUT2D eigenvalue weighted by atomic mass is 10.0. The van der Waals surface area contributed by atoms with Gasteiger partial charge in [-0.05, 0) is 46.3 Å². The van der Waals surface area contributed by atoms with Crippen LogP contribution < -0.4 is 0 Å². The van der Waals surface area contributed by atoms with E-state index in [9.17, 15) is 4.79 Å². The zero-order valence-electron chi connectivity index (χ0n) is 10.1. The molecule has 0 saturated carbocycles. The first-order valence-corrected chi connectivity index (χ1v) is 7.37. The van der Waals surface area contributed by atoms with Gasteiger partial charge in [-0.25, -0.2) is 0 Å². The van der Waals surface area contributed by atoms with Crippen molar-refractivity contribution in [3.8, 4) is 0 Å². The number of carbonyl (C=O) groups excluding carboxylic acids is 1. The maximum Gasteiger partial charge on any atom is 0.196 e. The normalized spacial score (nSPS) is 10.9. The summed E-state index contributed by atoms with van der Waals surface area (Å²) in [5.41, 5.74) is 2.02. The summed E-state index contributed by atoms with van der Waals surface area (Å²) in [5.74, 6) is -0.0675. The van der Waals surface area contributed by atoms with Crippen molar-refractivity contribution in [2.24, 2.45) is 0 Å². The molecule has 0 bridgehead atoms. The van der Waals surface area contributed by atoms with Crippen molar-refractivity contribution in [3.63, 3.8) is 0 Å². The van der Waals surface area contributed by atoms with Crippen molar-refractivity contribution in [1.29, 1.82) is 0 Å². The van der Waals surface area contributed by atoms with Gasteiger partial charge in [-0.3, -0.25) is 4.79 Å². The monoisotopic (exact) mass is 367 g/mol. The highest BCUT2D eigenvalue weighted by molar-refractivity contribution is 9.10. The second-order valence-corrected chi connectivity index (χ2v) is 6.07. The van der Waals surface area contributed by atoms with Gasteiger partial charge in [0.25, 0.3) is 0 Å². The van der Waals surface area contributed by atoms with E-state index in [-0.39, 0.29) is 5.78 Å². The Morgan fingerprint density at radius 2 is 1.70 bits per heavy atom. The number of aromatic nitrogens is 1. The molecule has 100 valence electrons. The Bertz CT molecular complexity index is 826. The van der Waals surface area contributed by atoms with Crippen molar-refractivity contribution in [1.82, 2.24) is 4.98 Å². The standard InChI is InChI=1S/C15H8BrCl2NO/c16-13-5-8(17)2-4-11(13)15(20)12-7-19-14-6-9(18)1-3-10(12)14/h1-7,19H. The van der Waals surface area contributed by atoms with Gasteiger partial charge in [0.1, 0.15) is 0 Å². The number of rotatable bonds is 2. The minimum atomic E-state index is -0.0675. The number of H-pyrrole nitrogens is 1. The molecule has 2 nitrogen and oxygen atoms in total. The molecule has 0 aliphatic rings. The largest absolute Gasteiger partial charge is 0.360 e. The first-order chi connectivity index (χ1) is 9.56. The summed E-state index contributed by atoms with van der Waals surface area (Å²) in [7, 11) is 0. The fourth-order valence-electron chi connectivity index (χ4n) is 2.10. The van der Waals surface area contributed by atoms with Crippen LogP contribution in [0.15, 0.2) is 47.1 Å². The molecule has 0 unspecified atom stereocenters. The van der Waals surface area contributed by atoms with Crippen LogP contribution >= 0.6 is 39.1 Å². The number of benzene rings is 2. The van der Waals surface area contributed by atoms with Crippen molar-refractivity contribution in [2.75, 3.05) is 0 Å². The van der Waals surface area contributed by atoms with Crippen LogP contribution in [0.2, 0.25) is 10.0 Å². The van der Waals surface area contributed by atoms with E-state index in [2.05, 4.69) is 20.9 Å². The number of hydrogen-bond acceptors (Lipinski definition) is 1. The number of fused-ring (bicyclic) bond motifs is 1. The fourth-order valence-corrected chi connectivity index (χ4v) is 3.14. The SMILES string of the molecule is O=C(c1ccc(Cl)cc1Br)c1c[nH]c2cc(Cl)ccc12. The van der Waals surface area contributed by atoms with Crippen LogP contribution in [0.3, 0.4) is 0 Å². The average molecular weight is 369 g/mol. The van der Waals surface area contributed by atoms with Gasteiger partial charge in [0.05, 0.1) is 0 Å². The molecule has 0 saturated heterocycles. The predicted octanol–water partition coefficient (Wildman–Crippen LogP) is 5.47. The highest BCUT2D eigenvalue weighted by Crippen LogP contribution is 2.28. The predicted molar refractivity (Wildman–Crippen MR) is 85.9 cm³/mol. The molecule has 3 aromatic rings. The maximum absolute atomic E-state index is 12.6. The van der Waals surface area contributed by atoms with Gasteiger partial charge < -0.3 is 4.98 Å². The van der Waals surface area contributed by atoms with Crippen LogP contribution in [-0.2, 0) is 0 Å². The van der Waals surface area contributed by atoms with E-state index in [4.69, 9.17) is 23.2 Å². The number of hydrogen-bond donors (Lipinski definition) is 1. The third-order valence-corrected chi connectivity index (χ3v) is 4.19. The summed E-state index contributed by atoms with van der Waals surface area (Å²) < 4.78 is 0.679. The molecular weight excluding hydrogens is 361 g/mol. The molecule has 0 aliphatic heterocycles. The third-order valence-electron chi connectivity index (χ3n) is 3.06. The Kier molecular flexibility index (Phi) is 3.59. The highest BCUT2D eigenvalue weighted by atomic mass is 79.9. The summed E-state index contributed by atoms with van der Waals surface area (Å²) in [6.45, 7) is 0. The second kappa shape index (κ2) is 5.24. The van der Waals surface area contributed by atoms with Crippen LogP contribution in [-0.4, -0.2) is 10.8 Å². The Morgan fingerprint density at radius 1 is 1.00 bits per heavy atom. The zero-order valence-corrected chi connectivity index (χ0v) is 13.2. The van der Waals surface area contributed by atoms with Crippen molar-refractivity contribution in [3.05, 3.63) is 68.2 Å². The Labute approximate surface area is 133 Å². The minimum absolute atomic E-state index is 0.0675. The first-order valence-electron chi connectivity index (χ1n) is 5.82. The lowest BCUT2D eigenvalue weighted by Gasteiger charge is -2.03. The number of aromatic amines is 1. The number of ketones is 1. The van der Waals surface area contributed by atoms with E-state index >= 15 is 0 Å². The lowest BCUT2D eigenvalue weighted by Crippen LogP contribution is -2.01. The van der Waals surface area contributed by atoms with E-state index < -0.39 is 0 Å².